The minimum atomic E-state index is -0.912. The molecule has 1 amide bonds. The van der Waals surface area contributed by atoms with Gasteiger partial charge in [0.15, 0.2) is 0 Å². The molecule has 0 atom stereocenters. The first-order valence-electron chi connectivity index (χ1n) is 7.03. The second-order valence-electron chi connectivity index (χ2n) is 6.08. The lowest BCUT2D eigenvalue weighted by Crippen LogP contribution is -2.45. The standard InChI is InChI=1S/C16H24N2O3/c1-12-7-5-6-8-13(12)18(10-9-15(20)21)14(19)11-17-16(2,3)4/h5-8,17H,9-11H2,1-4H3,(H,20,21). The molecule has 0 saturated carbocycles. The molecule has 21 heavy (non-hydrogen) atoms. The van der Waals surface area contributed by atoms with E-state index in [4.69, 9.17) is 5.11 Å². The lowest BCUT2D eigenvalue weighted by molar-refractivity contribution is -0.136. The zero-order valence-corrected chi connectivity index (χ0v) is 13.1. The summed E-state index contributed by atoms with van der Waals surface area (Å²) in [5, 5.41) is 12.0. The van der Waals surface area contributed by atoms with Crippen molar-refractivity contribution in [3.05, 3.63) is 29.8 Å². The fraction of sp³-hybridized carbons (Fsp3) is 0.500. The maximum Gasteiger partial charge on any atom is 0.305 e. The van der Waals surface area contributed by atoms with Gasteiger partial charge in [-0.1, -0.05) is 18.2 Å². The van der Waals surface area contributed by atoms with E-state index in [1.165, 1.54) is 0 Å². The van der Waals surface area contributed by atoms with Gasteiger partial charge in [0.05, 0.1) is 13.0 Å². The number of benzene rings is 1. The van der Waals surface area contributed by atoms with Gasteiger partial charge in [0.1, 0.15) is 0 Å². The fourth-order valence-electron chi connectivity index (χ4n) is 1.89. The van der Waals surface area contributed by atoms with Crippen molar-refractivity contribution in [3.8, 4) is 0 Å². The molecule has 0 saturated heterocycles. The van der Waals surface area contributed by atoms with Crippen LogP contribution in [0.25, 0.3) is 0 Å². The molecule has 0 aliphatic rings. The van der Waals surface area contributed by atoms with E-state index in [0.29, 0.717) is 0 Å². The summed E-state index contributed by atoms with van der Waals surface area (Å²) >= 11 is 0. The number of aliphatic carboxylic acids is 1. The highest BCUT2D eigenvalue weighted by molar-refractivity contribution is 5.96. The quantitative estimate of drug-likeness (QED) is 0.843. The molecule has 0 aliphatic heterocycles. The molecular weight excluding hydrogens is 268 g/mol. The van der Waals surface area contributed by atoms with Crippen LogP contribution >= 0.6 is 0 Å². The second-order valence-corrected chi connectivity index (χ2v) is 6.08. The molecule has 2 N–H and O–H groups in total. The van der Waals surface area contributed by atoms with Crippen molar-refractivity contribution in [2.75, 3.05) is 18.0 Å². The molecule has 5 nitrogen and oxygen atoms in total. The van der Waals surface area contributed by atoms with Gasteiger partial charge in [-0.15, -0.1) is 0 Å². The number of amides is 1. The summed E-state index contributed by atoms with van der Waals surface area (Å²) in [7, 11) is 0. The Morgan fingerprint density at radius 3 is 2.38 bits per heavy atom. The number of nitrogens with zero attached hydrogens (tertiary/aromatic N) is 1. The highest BCUT2D eigenvalue weighted by Gasteiger charge is 2.20. The van der Waals surface area contributed by atoms with E-state index < -0.39 is 5.97 Å². The third kappa shape index (κ3) is 5.95. The third-order valence-corrected chi connectivity index (χ3v) is 3.03. The monoisotopic (exact) mass is 292 g/mol. The number of carbonyl (C=O) groups excluding carboxylic acids is 1. The minimum absolute atomic E-state index is 0.0738. The highest BCUT2D eigenvalue weighted by Crippen LogP contribution is 2.20. The summed E-state index contributed by atoms with van der Waals surface area (Å²) in [6.07, 6.45) is -0.0738. The van der Waals surface area contributed by atoms with E-state index in [2.05, 4.69) is 5.32 Å². The van der Waals surface area contributed by atoms with Crippen molar-refractivity contribution in [1.29, 1.82) is 0 Å². The molecule has 0 bridgehead atoms. The normalized spacial score (nSPS) is 11.2. The van der Waals surface area contributed by atoms with E-state index in [9.17, 15) is 9.59 Å². The molecule has 0 fully saturated rings. The van der Waals surface area contributed by atoms with Crippen LogP contribution < -0.4 is 10.2 Å². The van der Waals surface area contributed by atoms with Crippen molar-refractivity contribution in [2.45, 2.75) is 39.7 Å². The zero-order chi connectivity index (χ0) is 16.0. The van der Waals surface area contributed by atoms with E-state index in [1.807, 2.05) is 52.0 Å². The topological polar surface area (TPSA) is 69.6 Å². The van der Waals surface area contributed by atoms with Gasteiger partial charge >= 0.3 is 5.97 Å². The van der Waals surface area contributed by atoms with Gasteiger partial charge in [0, 0.05) is 17.8 Å². The molecule has 0 aromatic heterocycles. The van der Waals surface area contributed by atoms with Crippen molar-refractivity contribution in [3.63, 3.8) is 0 Å². The van der Waals surface area contributed by atoms with Gasteiger partial charge in [-0.2, -0.15) is 0 Å². The number of para-hydroxylation sites is 1. The largest absolute Gasteiger partial charge is 0.481 e. The molecule has 0 radical (unpaired) electrons. The molecule has 0 aliphatic carbocycles. The summed E-state index contributed by atoms with van der Waals surface area (Å²) in [4.78, 5) is 24.8. The number of carboxylic acids is 1. The Hall–Kier alpha value is -1.88. The van der Waals surface area contributed by atoms with Gasteiger partial charge < -0.3 is 15.3 Å². The number of rotatable bonds is 6. The van der Waals surface area contributed by atoms with Crippen LogP contribution in [0.2, 0.25) is 0 Å². The lowest BCUT2D eigenvalue weighted by Gasteiger charge is -2.27. The Balaban J connectivity index is 2.89. The van der Waals surface area contributed by atoms with Gasteiger partial charge in [-0.25, -0.2) is 0 Å². The lowest BCUT2D eigenvalue weighted by atomic mass is 10.1. The van der Waals surface area contributed by atoms with Crippen LogP contribution in [-0.4, -0.2) is 35.6 Å². The van der Waals surface area contributed by atoms with Crippen LogP contribution in [0.15, 0.2) is 24.3 Å². The SMILES string of the molecule is Cc1ccccc1N(CCC(=O)O)C(=O)CNC(C)(C)C. The first-order valence-corrected chi connectivity index (χ1v) is 7.03. The summed E-state index contributed by atoms with van der Waals surface area (Å²) in [5.74, 6) is -1.04. The van der Waals surface area contributed by atoms with Crippen LogP contribution in [0.4, 0.5) is 5.69 Å². The maximum atomic E-state index is 12.4. The third-order valence-electron chi connectivity index (χ3n) is 3.03. The zero-order valence-electron chi connectivity index (χ0n) is 13.1. The smallest absolute Gasteiger partial charge is 0.305 e. The number of hydrogen-bond acceptors (Lipinski definition) is 3. The van der Waals surface area contributed by atoms with Crippen LogP contribution in [-0.2, 0) is 9.59 Å². The molecule has 1 rings (SSSR count). The molecule has 116 valence electrons. The average molecular weight is 292 g/mol. The molecular formula is C16H24N2O3. The van der Waals surface area contributed by atoms with Gasteiger partial charge in [-0.05, 0) is 39.3 Å². The number of anilines is 1. The Morgan fingerprint density at radius 1 is 1.24 bits per heavy atom. The average Bonchev–Trinajstić information content (AvgIpc) is 2.37. The van der Waals surface area contributed by atoms with Crippen LogP contribution in [0.5, 0.6) is 0 Å². The minimum Gasteiger partial charge on any atom is -0.481 e. The first-order chi connectivity index (χ1) is 9.70. The van der Waals surface area contributed by atoms with E-state index in [0.717, 1.165) is 11.3 Å². The molecule has 1 aromatic carbocycles. The van der Waals surface area contributed by atoms with E-state index >= 15 is 0 Å². The molecule has 0 spiro atoms. The van der Waals surface area contributed by atoms with Crippen LogP contribution in [0.1, 0.15) is 32.8 Å². The summed E-state index contributed by atoms with van der Waals surface area (Å²) in [6, 6.07) is 7.49. The molecule has 1 aromatic rings. The second kappa shape index (κ2) is 7.22. The van der Waals surface area contributed by atoms with E-state index in [-0.39, 0.29) is 31.0 Å². The summed E-state index contributed by atoms with van der Waals surface area (Å²) < 4.78 is 0. The van der Waals surface area contributed by atoms with Crippen molar-refractivity contribution < 1.29 is 14.7 Å². The molecule has 0 unspecified atom stereocenters. The summed E-state index contributed by atoms with van der Waals surface area (Å²) in [5.41, 5.74) is 1.55. The Labute approximate surface area is 126 Å². The first kappa shape index (κ1) is 17.2. The Kier molecular flexibility index (Phi) is 5.90. The maximum absolute atomic E-state index is 12.4. The van der Waals surface area contributed by atoms with Crippen LogP contribution in [0, 0.1) is 6.92 Å². The van der Waals surface area contributed by atoms with Crippen molar-refractivity contribution in [1.82, 2.24) is 5.32 Å². The van der Waals surface area contributed by atoms with Crippen molar-refractivity contribution >= 4 is 17.6 Å². The Morgan fingerprint density at radius 2 is 1.86 bits per heavy atom. The number of nitrogens with one attached hydrogen (secondary N) is 1. The number of aryl methyl sites for hydroxylation is 1. The van der Waals surface area contributed by atoms with E-state index in [1.54, 1.807) is 4.90 Å². The Bertz CT molecular complexity index is 506. The molecule has 0 heterocycles. The predicted octanol–water partition coefficient (Wildman–Crippen LogP) is 2.19. The number of carboxylic acid groups (broad SMARTS) is 1. The van der Waals surface area contributed by atoms with Crippen LogP contribution in [0.3, 0.4) is 0 Å². The summed E-state index contributed by atoms with van der Waals surface area (Å²) in [6.45, 7) is 8.21. The number of hydrogen-bond donors (Lipinski definition) is 2. The predicted molar refractivity (Wildman–Crippen MR) is 83.5 cm³/mol. The van der Waals surface area contributed by atoms with Gasteiger partial charge in [-0.3, -0.25) is 9.59 Å². The molecule has 5 heteroatoms. The highest BCUT2D eigenvalue weighted by atomic mass is 16.4. The number of carbonyl (C=O) groups is 2. The van der Waals surface area contributed by atoms with Gasteiger partial charge in [0.25, 0.3) is 0 Å². The van der Waals surface area contributed by atoms with Crippen molar-refractivity contribution in [2.24, 2.45) is 0 Å². The fourth-order valence-corrected chi connectivity index (χ4v) is 1.89. The van der Waals surface area contributed by atoms with Gasteiger partial charge in [0.2, 0.25) is 5.91 Å².